The Hall–Kier alpha value is -3.39. The molecule has 32 heavy (non-hydrogen) atoms. The lowest BCUT2D eigenvalue weighted by Crippen LogP contribution is -2.49. The van der Waals surface area contributed by atoms with E-state index >= 15 is 0 Å². The number of ether oxygens (including phenoxy) is 1. The Labute approximate surface area is 192 Å². The average Bonchev–Trinajstić information content (AvgIpc) is 3.29. The van der Waals surface area contributed by atoms with Crippen LogP contribution in [-0.4, -0.2) is 30.1 Å². The second-order valence-electron chi connectivity index (χ2n) is 7.42. The zero-order chi connectivity index (χ0) is 22.9. The van der Waals surface area contributed by atoms with Crippen molar-refractivity contribution in [3.63, 3.8) is 0 Å². The first-order valence-electron chi connectivity index (χ1n) is 10.5. The fraction of sp³-hybridized carbons (Fsp3) is 0.292. The van der Waals surface area contributed by atoms with E-state index in [0.29, 0.717) is 18.5 Å². The molecule has 7 nitrogen and oxygen atoms in total. The van der Waals surface area contributed by atoms with Crippen molar-refractivity contribution in [2.75, 3.05) is 12.8 Å². The molecule has 2 aromatic carbocycles. The quantitative estimate of drug-likeness (QED) is 0.430. The molecule has 0 saturated carbocycles. The van der Waals surface area contributed by atoms with Gasteiger partial charge in [-0.05, 0) is 36.1 Å². The Balaban J connectivity index is 1.82. The Morgan fingerprint density at radius 1 is 1.03 bits per heavy atom. The van der Waals surface area contributed by atoms with Crippen LogP contribution < -0.4 is 16.4 Å². The number of carbonyl (C=O) groups is 2. The van der Waals surface area contributed by atoms with E-state index in [1.54, 1.807) is 0 Å². The number of methoxy groups -OCH3 is 1. The number of carbonyl (C=O) groups excluding carboxylic acids is 2. The van der Waals surface area contributed by atoms with Gasteiger partial charge in [0.2, 0.25) is 5.91 Å². The highest BCUT2D eigenvalue weighted by Crippen LogP contribution is 2.23. The molecule has 1 heterocycles. The fourth-order valence-electron chi connectivity index (χ4n) is 3.27. The summed E-state index contributed by atoms with van der Waals surface area (Å²) < 4.78 is 4.73. The maximum Gasteiger partial charge on any atom is 0.407 e. The Morgan fingerprint density at radius 2 is 1.72 bits per heavy atom. The number of aromatic nitrogens is 1. The van der Waals surface area contributed by atoms with Crippen LogP contribution in [0.1, 0.15) is 34.8 Å². The first-order valence-corrected chi connectivity index (χ1v) is 11.3. The van der Waals surface area contributed by atoms with Crippen molar-refractivity contribution in [2.45, 2.75) is 38.3 Å². The summed E-state index contributed by atoms with van der Waals surface area (Å²) in [6.07, 6.45) is 1.06. The van der Waals surface area contributed by atoms with E-state index in [1.807, 2.05) is 66.9 Å². The number of anilines is 1. The predicted molar refractivity (Wildman–Crippen MR) is 126 cm³/mol. The van der Waals surface area contributed by atoms with Crippen molar-refractivity contribution in [3.8, 4) is 0 Å². The Bertz CT molecular complexity index is 1020. The molecule has 0 radical (unpaired) electrons. The van der Waals surface area contributed by atoms with Crippen LogP contribution in [-0.2, 0) is 28.8 Å². The maximum absolute atomic E-state index is 13.3. The van der Waals surface area contributed by atoms with Gasteiger partial charge in [0.05, 0.1) is 18.8 Å². The molecule has 168 valence electrons. The van der Waals surface area contributed by atoms with Crippen LogP contribution >= 0.6 is 11.3 Å². The van der Waals surface area contributed by atoms with Gasteiger partial charge in [-0.1, -0.05) is 49.4 Å². The Kier molecular flexibility index (Phi) is 8.21. The van der Waals surface area contributed by atoms with E-state index in [-0.39, 0.29) is 11.9 Å². The van der Waals surface area contributed by atoms with Gasteiger partial charge < -0.3 is 21.1 Å². The summed E-state index contributed by atoms with van der Waals surface area (Å²) in [5, 5.41) is 8.57. The number of hydrogen-bond acceptors (Lipinski definition) is 6. The summed E-state index contributed by atoms with van der Waals surface area (Å²) in [5.74, 6) is -0.298. The lowest BCUT2D eigenvalue weighted by molar-refractivity contribution is -0.123. The number of thiazole rings is 1. The van der Waals surface area contributed by atoms with Crippen LogP contribution in [0.5, 0.6) is 0 Å². The number of hydrogen-bond donors (Lipinski definition) is 3. The van der Waals surface area contributed by atoms with Crippen molar-refractivity contribution in [2.24, 2.45) is 0 Å². The number of rotatable bonds is 9. The number of amides is 2. The normalized spacial score (nSPS) is 12.6. The molecule has 2 amide bonds. The molecule has 0 saturated heterocycles. The lowest BCUT2D eigenvalue weighted by atomic mass is 10.0. The summed E-state index contributed by atoms with van der Waals surface area (Å²) in [4.78, 5) is 29.9. The van der Waals surface area contributed by atoms with Crippen LogP contribution in [0.3, 0.4) is 0 Å². The Morgan fingerprint density at radius 3 is 2.34 bits per heavy atom. The van der Waals surface area contributed by atoms with Gasteiger partial charge in [-0.3, -0.25) is 4.79 Å². The molecule has 0 unspecified atom stereocenters. The zero-order valence-electron chi connectivity index (χ0n) is 18.2. The van der Waals surface area contributed by atoms with Crippen LogP contribution in [0.15, 0.2) is 60.0 Å². The first kappa shape index (κ1) is 23.3. The minimum atomic E-state index is -0.788. The number of nitrogen functional groups attached to an aromatic ring is 1. The van der Waals surface area contributed by atoms with E-state index in [1.165, 1.54) is 18.4 Å². The smallest absolute Gasteiger partial charge is 0.407 e. The van der Waals surface area contributed by atoms with Gasteiger partial charge in [0.15, 0.2) is 0 Å². The van der Waals surface area contributed by atoms with Crippen molar-refractivity contribution < 1.29 is 14.3 Å². The van der Waals surface area contributed by atoms with Crippen LogP contribution in [0.2, 0.25) is 0 Å². The minimum absolute atomic E-state index is 0.298. The fourth-order valence-corrected chi connectivity index (χ4v) is 4.22. The molecule has 0 fully saturated rings. The second kappa shape index (κ2) is 11.3. The molecule has 0 aliphatic heterocycles. The molecule has 8 heteroatoms. The molecule has 0 aliphatic carbocycles. The average molecular weight is 453 g/mol. The van der Waals surface area contributed by atoms with Gasteiger partial charge in [-0.25, -0.2) is 9.78 Å². The summed E-state index contributed by atoms with van der Waals surface area (Å²) in [6, 6.07) is 16.0. The highest BCUT2D eigenvalue weighted by molar-refractivity contribution is 7.09. The van der Waals surface area contributed by atoms with Crippen molar-refractivity contribution in [1.29, 1.82) is 0 Å². The first-order chi connectivity index (χ1) is 15.5. The number of alkyl carbamates (subject to hydrolysis) is 1. The van der Waals surface area contributed by atoms with Gasteiger partial charge in [-0.15, -0.1) is 11.3 Å². The third-order valence-electron chi connectivity index (χ3n) is 5.04. The van der Waals surface area contributed by atoms with Gasteiger partial charge in [0.1, 0.15) is 11.0 Å². The molecule has 0 bridgehead atoms. The topological polar surface area (TPSA) is 106 Å². The number of aryl methyl sites for hydroxylation is 1. The molecule has 4 N–H and O–H groups in total. The minimum Gasteiger partial charge on any atom is -0.453 e. The van der Waals surface area contributed by atoms with Crippen molar-refractivity contribution in [1.82, 2.24) is 15.6 Å². The van der Waals surface area contributed by atoms with E-state index in [9.17, 15) is 9.59 Å². The summed E-state index contributed by atoms with van der Waals surface area (Å²) in [5.41, 5.74) is 9.43. The molecule has 0 spiro atoms. The molecule has 0 aliphatic rings. The largest absolute Gasteiger partial charge is 0.453 e. The van der Waals surface area contributed by atoms with Crippen molar-refractivity contribution in [3.05, 3.63) is 81.8 Å². The molecule has 1 aromatic heterocycles. The summed E-state index contributed by atoms with van der Waals surface area (Å²) in [6.45, 7) is 2.04. The molecule has 3 aromatic rings. The monoisotopic (exact) mass is 452 g/mol. The molecular formula is C24H28N4O3S. The molecule has 2 atom stereocenters. The SMILES string of the molecule is CCc1csc([C@H](Cc2ccc(N)cc2)NC(=O)[C@H](Cc2ccccc2)NC(=O)OC)n1. The van der Waals surface area contributed by atoms with Crippen LogP contribution in [0, 0.1) is 0 Å². The maximum atomic E-state index is 13.3. The van der Waals surface area contributed by atoms with Gasteiger partial charge >= 0.3 is 6.09 Å². The number of nitrogens with two attached hydrogens (primary N) is 1. The number of nitrogens with zero attached hydrogens (tertiary/aromatic N) is 1. The van der Waals surface area contributed by atoms with Crippen LogP contribution in [0.25, 0.3) is 0 Å². The van der Waals surface area contributed by atoms with Crippen molar-refractivity contribution >= 4 is 29.0 Å². The van der Waals surface area contributed by atoms with Gasteiger partial charge in [-0.2, -0.15) is 0 Å². The molecular weight excluding hydrogens is 424 g/mol. The third-order valence-corrected chi connectivity index (χ3v) is 6.05. The lowest BCUT2D eigenvalue weighted by Gasteiger charge is -2.22. The van der Waals surface area contributed by atoms with Gasteiger partial charge in [0, 0.05) is 17.5 Å². The summed E-state index contributed by atoms with van der Waals surface area (Å²) >= 11 is 1.52. The summed E-state index contributed by atoms with van der Waals surface area (Å²) in [7, 11) is 1.28. The van der Waals surface area contributed by atoms with E-state index in [2.05, 4.69) is 15.6 Å². The highest BCUT2D eigenvalue weighted by atomic mass is 32.1. The third kappa shape index (κ3) is 6.55. The second-order valence-corrected chi connectivity index (χ2v) is 8.31. The highest BCUT2D eigenvalue weighted by Gasteiger charge is 2.26. The predicted octanol–water partition coefficient (Wildman–Crippen LogP) is 3.66. The number of nitrogens with one attached hydrogen (secondary N) is 2. The number of benzene rings is 2. The van der Waals surface area contributed by atoms with E-state index < -0.39 is 12.1 Å². The van der Waals surface area contributed by atoms with Crippen LogP contribution in [0.4, 0.5) is 10.5 Å². The van der Waals surface area contributed by atoms with E-state index in [0.717, 1.165) is 28.2 Å². The van der Waals surface area contributed by atoms with E-state index in [4.69, 9.17) is 10.5 Å². The molecule has 3 rings (SSSR count). The van der Waals surface area contributed by atoms with Gasteiger partial charge in [0.25, 0.3) is 0 Å². The zero-order valence-corrected chi connectivity index (χ0v) is 19.0. The standard InChI is InChI=1S/C24H28N4O3S/c1-3-19-15-32-23(26-19)21(14-17-9-11-18(25)12-10-17)27-22(29)20(28-24(30)31-2)13-16-7-5-4-6-8-16/h4-12,15,20-21H,3,13-14,25H2,1-2H3,(H,27,29)(H,28,30)/t20-,21-/m0/s1.